The number of hydrogen-bond donors (Lipinski definition) is 1. The van der Waals surface area contributed by atoms with Crippen LogP contribution in [0.5, 0.6) is 11.5 Å². The summed E-state index contributed by atoms with van der Waals surface area (Å²) < 4.78 is 43.6. The van der Waals surface area contributed by atoms with Gasteiger partial charge in [0.1, 0.15) is 11.6 Å². The van der Waals surface area contributed by atoms with Crippen LogP contribution in [0.3, 0.4) is 0 Å². The van der Waals surface area contributed by atoms with E-state index in [1.807, 2.05) is 0 Å². The summed E-state index contributed by atoms with van der Waals surface area (Å²) in [6.45, 7) is 3.36. The van der Waals surface area contributed by atoms with Crippen LogP contribution >= 0.6 is 0 Å². The predicted molar refractivity (Wildman–Crippen MR) is 102 cm³/mol. The topological polar surface area (TPSA) is 77.1 Å². The third-order valence-corrected chi connectivity index (χ3v) is 4.87. The molecule has 4 rings (SSSR count). The monoisotopic (exact) mass is 416 g/mol. The summed E-state index contributed by atoms with van der Waals surface area (Å²) >= 11 is 0. The smallest absolute Gasteiger partial charge is 0.338 e. The molecule has 1 unspecified atom stereocenters. The molecule has 0 saturated carbocycles. The summed E-state index contributed by atoms with van der Waals surface area (Å²) in [7, 11) is 0. The van der Waals surface area contributed by atoms with Gasteiger partial charge in [-0.05, 0) is 32.0 Å². The molecule has 0 saturated heterocycles. The first-order valence-electron chi connectivity index (χ1n) is 9.23. The molecule has 9 heteroatoms. The van der Waals surface area contributed by atoms with E-state index in [-0.39, 0.29) is 30.2 Å². The molecule has 2 aromatic rings. The number of allylic oxidation sites excluding steroid dienone is 1. The lowest BCUT2D eigenvalue weighted by molar-refractivity contribution is -0.139. The van der Waals surface area contributed by atoms with Gasteiger partial charge in [0.25, 0.3) is 0 Å². The fraction of sp³-hybridized carbons (Fsp3) is 0.238. The van der Waals surface area contributed by atoms with E-state index in [4.69, 9.17) is 14.2 Å². The molecule has 0 bridgehead atoms. The maximum atomic E-state index is 14.5. The maximum absolute atomic E-state index is 14.5. The standard InChI is InChI=1S/C21H18F2N2O5/c1-3-28-20(26)18-11(2)25(13-5-7-16-17(9-13)30-10-29-16)21(27)24-19(18)14-6-4-12(22)8-15(14)23/h4-9,19H,3,10H2,1-2H3,(H,24,27). The van der Waals surface area contributed by atoms with Crippen LogP contribution in [0.1, 0.15) is 25.5 Å². The Labute approximate surface area is 170 Å². The lowest BCUT2D eigenvalue weighted by atomic mass is 9.94. The molecule has 0 aromatic heterocycles. The quantitative estimate of drug-likeness (QED) is 0.768. The highest BCUT2D eigenvalue weighted by molar-refractivity contribution is 6.03. The van der Waals surface area contributed by atoms with Crippen molar-refractivity contribution in [3.8, 4) is 11.5 Å². The molecular formula is C21H18F2N2O5. The van der Waals surface area contributed by atoms with E-state index in [1.54, 1.807) is 32.0 Å². The number of carbonyl (C=O) groups excluding carboxylic acids is 2. The number of rotatable bonds is 4. The number of halogens is 2. The molecule has 30 heavy (non-hydrogen) atoms. The Kier molecular flexibility index (Phi) is 5.03. The van der Waals surface area contributed by atoms with Gasteiger partial charge >= 0.3 is 12.0 Å². The van der Waals surface area contributed by atoms with Crippen LogP contribution in [0, 0.1) is 11.6 Å². The zero-order valence-corrected chi connectivity index (χ0v) is 16.2. The van der Waals surface area contributed by atoms with Crippen molar-refractivity contribution < 1.29 is 32.6 Å². The number of fused-ring (bicyclic) bond motifs is 1. The molecule has 156 valence electrons. The van der Waals surface area contributed by atoms with E-state index in [2.05, 4.69) is 5.32 Å². The van der Waals surface area contributed by atoms with Crippen molar-refractivity contribution in [3.63, 3.8) is 0 Å². The van der Waals surface area contributed by atoms with Crippen molar-refractivity contribution in [2.24, 2.45) is 0 Å². The van der Waals surface area contributed by atoms with Crippen LogP contribution in [-0.2, 0) is 9.53 Å². The van der Waals surface area contributed by atoms with Crippen molar-refractivity contribution in [1.82, 2.24) is 5.32 Å². The third kappa shape index (κ3) is 3.32. The summed E-state index contributed by atoms with van der Waals surface area (Å²) in [4.78, 5) is 27.0. The number of amides is 2. The summed E-state index contributed by atoms with van der Waals surface area (Å²) in [5.74, 6) is -1.37. The minimum absolute atomic E-state index is 0.0413. The Morgan fingerprint density at radius 3 is 2.70 bits per heavy atom. The number of anilines is 1. The number of benzene rings is 2. The molecule has 2 amide bonds. The number of nitrogens with zero attached hydrogens (tertiary/aromatic N) is 1. The second-order valence-electron chi connectivity index (χ2n) is 6.64. The second kappa shape index (κ2) is 7.66. The van der Waals surface area contributed by atoms with E-state index in [0.717, 1.165) is 6.07 Å². The van der Waals surface area contributed by atoms with E-state index in [0.29, 0.717) is 23.3 Å². The highest BCUT2D eigenvalue weighted by Crippen LogP contribution is 2.39. The summed E-state index contributed by atoms with van der Waals surface area (Å²) in [5.41, 5.74) is 0.677. The van der Waals surface area contributed by atoms with E-state index in [1.165, 1.54) is 11.0 Å². The van der Waals surface area contributed by atoms with Gasteiger partial charge in [-0.15, -0.1) is 0 Å². The van der Waals surface area contributed by atoms with Crippen molar-refractivity contribution in [2.45, 2.75) is 19.9 Å². The molecule has 1 N–H and O–H groups in total. The first-order valence-corrected chi connectivity index (χ1v) is 9.23. The van der Waals surface area contributed by atoms with Gasteiger partial charge in [-0.25, -0.2) is 18.4 Å². The minimum Gasteiger partial charge on any atom is -0.463 e. The number of ether oxygens (including phenoxy) is 3. The number of esters is 1. The fourth-order valence-corrected chi connectivity index (χ4v) is 3.52. The Morgan fingerprint density at radius 1 is 1.20 bits per heavy atom. The third-order valence-electron chi connectivity index (χ3n) is 4.87. The van der Waals surface area contributed by atoms with Gasteiger partial charge in [0.05, 0.1) is 23.9 Å². The maximum Gasteiger partial charge on any atom is 0.338 e. The zero-order chi connectivity index (χ0) is 21.4. The largest absolute Gasteiger partial charge is 0.463 e. The second-order valence-corrected chi connectivity index (χ2v) is 6.64. The molecule has 2 aromatic carbocycles. The lowest BCUT2D eigenvalue weighted by Crippen LogP contribution is -2.48. The summed E-state index contributed by atoms with van der Waals surface area (Å²) in [6.07, 6.45) is 0. The van der Waals surface area contributed by atoms with Gasteiger partial charge in [-0.3, -0.25) is 4.90 Å². The van der Waals surface area contributed by atoms with E-state index < -0.39 is 29.7 Å². The normalized spacial score (nSPS) is 17.8. The van der Waals surface area contributed by atoms with Crippen molar-refractivity contribution >= 4 is 17.7 Å². The average Bonchev–Trinajstić information content (AvgIpc) is 3.15. The van der Waals surface area contributed by atoms with Crippen molar-refractivity contribution in [2.75, 3.05) is 18.3 Å². The van der Waals surface area contributed by atoms with Crippen LogP contribution in [0.15, 0.2) is 47.7 Å². The van der Waals surface area contributed by atoms with Crippen LogP contribution in [-0.4, -0.2) is 25.4 Å². The van der Waals surface area contributed by atoms with Gasteiger partial charge in [0.2, 0.25) is 6.79 Å². The highest BCUT2D eigenvalue weighted by atomic mass is 19.1. The molecule has 0 aliphatic carbocycles. The molecular weight excluding hydrogens is 398 g/mol. The Morgan fingerprint density at radius 2 is 1.97 bits per heavy atom. The first kappa shape index (κ1) is 19.7. The minimum atomic E-state index is -1.14. The molecule has 2 aliphatic heterocycles. The zero-order valence-electron chi connectivity index (χ0n) is 16.2. The predicted octanol–water partition coefficient (Wildman–Crippen LogP) is 3.80. The van der Waals surface area contributed by atoms with Crippen LogP contribution in [0.4, 0.5) is 19.3 Å². The molecule has 0 radical (unpaired) electrons. The van der Waals surface area contributed by atoms with Gasteiger partial charge in [0.15, 0.2) is 11.5 Å². The Hall–Kier alpha value is -3.62. The molecule has 0 fully saturated rings. The fourth-order valence-electron chi connectivity index (χ4n) is 3.52. The van der Waals surface area contributed by atoms with E-state index >= 15 is 0 Å². The first-order chi connectivity index (χ1) is 14.4. The van der Waals surface area contributed by atoms with Gasteiger partial charge in [0, 0.05) is 23.4 Å². The average molecular weight is 416 g/mol. The van der Waals surface area contributed by atoms with Crippen LogP contribution < -0.4 is 19.7 Å². The van der Waals surface area contributed by atoms with Crippen LogP contribution in [0.25, 0.3) is 0 Å². The molecule has 7 nitrogen and oxygen atoms in total. The van der Waals surface area contributed by atoms with Crippen molar-refractivity contribution in [1.29, 1.82) is 0 Å². The highest BCUT2D eigenvalue weighted by Gasteiger charge is 2.38. The molecule has 1 atom stereocenters. The number of nitrogens with one attached hydrogen (secondary N) is 1. The molecule has 0 spiro atoms. The Bertz CT molecular complexity index is 1070. The number of hydrogen-bond acceptors (Lipinski definition) is 5. The SMILES string of the molecule is CCOC(=O)C1=C(C)N(c2ccc3c(c2)OCO3)C(=O)NC1c1ccc(F)cc1F. The molecule has 2 aliphatic rings. The van der Waals surface area contributed by atoms with Gasteiger partial charge in [-0.1, -0.05) is 6.07 Å². The van der Waals surface area contributed by atoms with Crippen LogP contribution in [0.2, 0.25) is 0 Å². The number of urea groups is 1. The van der Waals surface area contributed by atoms with E-state index in [9.17, 15) is 18.4 Å². The molecule has 2 heterocycles. The number of carbonyl (C=O) groups is 2. The Balaban J connectivity index is 1.83. The summed E-state index contributed by atoms with van der Waals surface area (Å²) in [6, 6.07) is 6.12. The van der Waals surface area contributed by atoms with Gasteiger partial charge in [-0.2, -0.15) is 0 Å². The van der Waals surface area contributed by atoms with Crippen molar-refractivity contribution in [3.05, 3.63) is 64.9 Å². The lowest BCUT2D eigenvalue weighted by Gasteiger charge is -2.35. The summed E-state index contributed by atoms with van der Waals surface area (Å²) in [5, 5.41) is 2.62. The van der Waals surface area contributed by atoms with Gasteiger partial charge < -0.3 is 19.5 Å².